The summed E-state index contributed by atoms with van der Waals surface area (Å²) in [4.78, 5) is 29.8. The van der Waals surface area contributed by atoms with Gasteiger partial charge in [0.25, 0.3) is 5.91 Å². The zero-order valence-electron chi connectivity index (χ0n) is 20.7. The van der Waals surface area contributed by atoms with Crippen LogP contribution in [0.25, 0.3) is 11.1 Å². The van der Waals surface area contributed by atoms with Crippen LogP contribution in [0.15, 0.2) is 54.6 Å². The van der Waals surface area contributed by atoms with Gasteiger partial charge in [-0.25, -0.2) is 9.78 Å². The molecule has 10 nitrogen and oxygen atoms in total. The first-order valence-corrected chi connectivity index (χ1v) is 12.0. The van der Waals surface area contributed by atoms with E-state index in [1.807, 2.05) is 24.3 Å². The number of fused-ring (bicyclic) bond motifs is 1. The average molecular weight is 505 g/mol. The fraction of sp³-hybridized carbons (Fsp3) is 0.296. The number of carbonyl (C=O) groups excluding carboxylic acids is 2. The van der Waals surface area contributed by atoms with Crippen molar-refractivity contribution in [3.05, 3.63) is 60.2 Å². The zero-order chi connectivity index (χ0) is 25.8. The number of methoxy groups -OCH3 is 2. The van der Waals surface area contributed by atoms with Crippen LogP contribution in [0.2, 0.25) is 0 Å². The van der Waals surface area contributed by atoms with Gasteiger partial charge in [-0.3, -0.25) is 9.69 Å². The Morgan fingerprint density at radius 3 is 2.73 bits per heavy atom. The van der Waals surface area contributed by atoms with Gasteiger partial charge in [0.1, 0.15) is 11.9 Å². The summed E-state index contributed by atoms with van der Waals surface area (Å²) >= 11 is 0. The van der Waals surface area contributed by atoms with E-state index in [4.69, 9.17) is 18.9 Å². The van der Waals surface area contributed by atoms with Crippen molar-refractivity contribution in [3.63, 3.8) is 0 Å². The number of rotatable bonds is 9. The quantitative estimate of drug-likeness (QED) is 0.425. The summed E-state index contributed by atoms with van der Waals surface area (Å²) in [6.45, 7) is 1.69. The first-order valence-electron chi connectivity index (χ1n) is 12.0. The van der Waals surface area contributed by atoms with Crippen LogP contribution in [0, 0.1) is 0 Å². The third-order valence-corrected chi connectivity index (χ3v) is 6.23. The minimum Gasteiger partial charge on any atom is -0.493 e. The number of benzene rings is 2. The van der Waals surface area contributed by atoms with Crippen molar-refractivity contribution in [2.24, 2.45) is 0 Å². The molecule has 37 heavy (non-hydrogen) atoms. The second-order valence-electron chi connectivity index (χ2n) is 8.71. The number of amides is 2. The summed E-state index contributed by atoms with van der Waals surface area (Å²) in [6.07, 6.45) is -0.0625. The predicted octanol–water partition coefficient (Wildman–Crippen LogP) is 3.60. The topological polar surface area (TPSA) is 111 Å². The van der Waals surface area contributed by atoms with E-state index < -0.39 is 6.09 Å². The van der Waals surface area contributed by atoms with Crippen LogP contribution in [-0.4, -0.2) is 57.0 Å². The SMILES string of the molecule is COc1ccc(-c2cccc(CNCCC3CN(c4ccc5c(n4)NC(=O)CO5)C(=O)O3)c2)cc1OC. The molecule has 1 unspecified atom stereocenters. The fourth-order valence-corrected chi connectivity index (χ4v) is 4.34. The molecule has 2 N–H and O–H groups in total. The molecule has 5 rings (SSSR count). The van der Waals surface area contributed by atoms with E-state index in [1.54, 1.807) is 26.4 Å². The van der Waals surface area contributed by atoms with Crippen LogP contribution in [0.4, 0.5) is 16.4 Å². The van der Waals surface area contributed by atoms with Gasteiger partial charge in [-0.05, 0) is 60.0 Å². The highest BCUT2D eigenvalue weighted by molar-refractivity contribution is 5.95. The molecule has 0 bridgehead atoms. The van der Waals surface area contributed by atoms with Gasteiger partial charge < -0.3 is 29.6 Å². The molecule has 1 atom stereocenters. The van der Waals surface area contributed by atoms with Crippen molar-refractivity contribution >= 4 is 23.6 Å². The van der Waals surface area contributed by atoms with Crippen molar-refractivity contribution in [2.75, 3.05) is 44.1 Å². The lowest BCUT2D eigenvalue weighted by Crippen LogP contribution is -2.29. The van der Waals surface area contributed by atoms with Crippen molar-refractivity contribution in [1.82, 2.24) is 10.3 Å². The van der Waals surface area contributed by atoms with Gasteiger partial charge in [0.15, 0.2) is 29.7 Å². The molecule has 2 aromatic carbocycles. The van der Waals surface area contributed by atoms with Gasteiger partial charge >= 0.3 is 6.09 Å². The van der Waals surface area contributed by atoms with E-state index in [2.05, 4.69) is 33.8 Å². The summed E-state index contributed by atoms with van der Waals surface area (Å²) < 4.78 is 21.6. The fourth-order valence-electron chi connectivity index (χ4n) is 4.34. The number of aromatic nitrogens is 1. The van der Waals surface area contributed by atoms with Crippen LogP contribution < -0.4 is 29.7 Å². The van der Waals surface area contributed by atoms with E-state index in [0.29, 0.717) is 54.9 Å². The van der Waals surface area contributed by atoms with E-state index >= 15 is 0 Å². The Morgan fingerprint density at radius 2 is 1.89 bits per heavy atom. The van der Waals surface area contributed by atoms with Crippen LogP contribution in [0.3, 0.4) is 0 Å². The van der Waals surface area contributed by atoms with E-state index in [1.165, 1.54) is 4.90 Å². The second kappa shape index (κ2) is 10.8. The highest BCUT2D eigenvalue weighted by Gasteiger charge is 2.33. The number of cyclic esters (lactones) is 1. The molecule has 1 fully saturated rings. The van der Waals surface area contributed by atoms with Crippen molar-refractivity contribution in [1.29, 1.82) is 0 Å². The maximum atomic E-state index is 12.4. The van der Waals surface area contributed by atoms with Crippen LogP contribution in [0.1, 0.15) is 12.0 Å². The maximum absolute atomic E-state index is 12.4. The summed E-state index contributed by atoms with van der Waals surface area (Å²) in [5, 5.41) is 6.09. The maximum Gasteiger partial charge on any atom is 0.415 e. The standard InChI is InChI=1S/C27H28N4O6/c1-34-21-7-6-19(13-23(21)35-2)18-5-3-4-17(12-18)14-28-11-10-20-15-31(27(33)37-20)24-9-8-22-26(29-24)30-25(32)16-36-22/h3-9,12-13,20,28H,10-11,14-16H2,1-2H3,(H,29,30,32). The largest absolute Gasteiger partial charge is 0.493 e. The Bertz CT molecular complexity index is 1310. The number of nitrogens with one attached hydrogen (secondary N) is 2. The molecule has 10 heteroatoms. The molecule has 0 aliphatic carbocycles. The van der Waals surface area contributed by atoms with Gasteiger partial charge in [0, 0.05) is 6.54 Å². The van der Waals surface area contributed by atoms with Crippen molar-refractivity contribution in [3.8, 4) is 28.4 Å². The lowest BCUT2D eigenvalue weighted by atomic mass is 10.0. The molecule has 2 aliphatic rings. The summed E-state index contributed by atoms with van der Waals surface area (Å²) in [6, 6.07) is 17.5. The van der Waals surface area contributed by atoms with E-state index in [0.717, 1.165) is 16.7 Å². The minimum absolute atomic E-state index is 0.0462. The molecular formula is C27H28N4O6. The molecule has 0 spiro atoms. The highest BCUT2D eigenvalue weighted by atomic mass is 16.6. The number of hydrogen-bond acceptors (Lipinski definition) is 8. The van der Waals surface area contributed by atoms with Gasteiger partial charge in [-0.15, -0.1) is 0 Å². The third kappa shape index (κ3) is 5.44. The number of hydrogen-bond donors (Lipinski definition) is 2. The molecular weight excluding hydrogens is 476 g/mol. The van der Waals surface area contributed by atoms with E-state index in [9.17, 15) is 9.59 Å². The second-order valence-corrected chi connectivity index (χ2v) is 8.71. The Balaban J connectivity index is 1.14. The number of ether oxygens (including phenoxy) is 4. The summed E-state index contributed by atoms with van der Waals surface area (Å²) in [5.41, 5.74) is 3.26. The molecule has 0 radical (unpaired) electrons. The number of pyridine rings is 1. The smallest absolute Gasteiger partial charge is 0.415 e. The molecule has 0 saturated carbocycles. The van der Waals surface area contributed by atoms with E-state index in [-0.39, 0.29) is 18.6 Å². The minimum atomic E-state index is -0.455. The molecule has 3 aromatic rings. The normalized spacial score (nSPS) is 16.5. The monoisotopic (exact) mass is 504 g/mol. The van der Waals surface area contributed by atoms with Crippen LogP contribution in [0.5, 0.6) is 17.2 Å². The lowest BCUT2D eigenvalue weighted by molar-refractivity contribution is -0.118. The Labute approximate surface area is 214 Å². The first-order chi connectivity index (χ1) is 18.0. The van der Waals surface area contributed by atoms with Gasteiger partial charge in [0.2, 0.25) is 0 Å². The summed E-state index contributed by atoms with van der Waals surface area (Å²) in [5.74, 6) is 2.30. The van der Waals surface area contributed by atoms with Crippen LogP contribution >= 0.6 is 0 Å². The number of nitrogens with zero attached hydrogens (tertiary/aromatic N) is 2. The summed E-state index contributed by atoms with van der Waals surface area (Å²) in [7, 11) is 3.25. The molecule has 1 aromatic heterocycles. The number of anilines is 2. The first kappa shape index (κ1) is 24.4. The number of carbonyl (C=O) groups is 2. The zero-order valence-corrected chi connectivity index (χ0v) is 20.7. The third-order valence-electron chi connectivity index (χ3n) is 6.23. The van der Waals surface area contributed by atoms with Crippen molar-refractivity contribution in [2.45, 2.75) is 19.1 Å². The highest BCUT2D eigenvalue weighted by Crippen LogP contribution is 2.33. The van der Waals surface area contributed by atoms with Crippen molar-refractivity contribution < 1.29 is 28.5 Å². The van der Waals surface area contributed by atoms with Crippen LogP contribution in [-0.2, 0) is 16.1 Å². The predicted molar refractivity (Wildman–Crippen MR) is 137 cm³/mol. The Hall–Kier alpha value is -4.31. The molecule has 2 amide bonds. The van der Waals surface area contributed by atoms with Gasteiger partial charge in [-0.1, -0.05) is 24.3 Å². The Kier molecular flexibility index (Phi) is 7.09. The average Bonchev–Trinajstić information content (AvgIpc) is 3.30. The molecule has 3 heterocycles. The molecule has 192 valence electrons. The van der Waals surface area contributed by atoms with Gasteiger partial charge in [0.05, 0.1) is 20.8 Å². The Morgan fingerprint density at radius 1 is 1.05 bits per heavy atom. The molecule has 1 saturated heterocycles. The lowest BCUT2D eigenvalue weighted by Gasteiger charge is -2.19. The van der Waals surface area contributed by atoms with Gasteiger partial charge in [-0.2, -0.15) is 0 Å². The molecule has 2 aliphatic heterocycles.